The first-order valence-corrected chi connectivity index (χ1v) is 16.2. The number of sulfone groups is 1. The first-order chi connectivity index (χ1) is 20.3. The van der Waals surface area contributed by atoms with Gasteiger partial charge in [-0.1, -0.05) is 30.3 Å². The van der Waals surface area contributed by atoms with Gasteiger partial charge in [0.05, 0.1) is 16.8 Å². The topological polar surface area (TPSA) is 87.5 Å². The maximum atomic E-state index is 13.8. The van der Waals surface area contributed by atoms with Gasteiger partial charge in [-0.25, -0.2) is 17.5 Å². The molecule has 3 heterocycles. The molecule has 1 N–H and O–H groups in total. The van der Waals surface area contributed by atoms with Crippen molar-refractivity contribution in [2.75, 3.05) is 42.7 Å². The molecular formula is C32H34FN5O3S. The summed E-state index contributed by atoms with van der Waals surface area (Å²) in [6.07, 6.45) is 5.36. The van der Waals surface area contributed by atoms with E-state index in [1.807, 2.05) is 35.2 Å². The van der Waals surface area contributed by atoms with E-state index in [1.54, 1.807) is 35.1 Å². The van der Waals surface area contributed by atoms with Crippen LogP contribution in [0.3, 0.4) is 0 Å². The Labute approximate surface area is 245 Å². The molecule has 0 aliphatic carbocycles. The standard InChI is InChI=1S/C32H34FN5O3S/c1-42(40,41)29-13-11-27(12-14-29)36-19-16-26(17-20-36)35-31-30(21-34-38(31)28-9-7-25(33)8-10-28)32(39)37-18-15-24(22-37)23-5-3-2-4-6-23/h2-14,21,24,26,35H,15-20,22H2,1H3/t24-/m0/s1. The van der Waals surface area contributed by atoms with Crippen molar-refractivity contribution in [2.45, 2.75) is 36.1 Å². The van der Waals surface area contributed by atoms with Crippen LogP contribution in [0.25, 0.3) is 5.69 Å². The highest BCUT2D eigenvalue weighted by atomic mass is 32.2. The molecule has 0 saturated carbocycles. The molecule has 3 aromatic carbocycles. The number of carbonyl (C=O) groups is 1. The average Bonchev–Trinajstić information content (AvgIpc) is 3.66. The second-order valence-corrected chi connectivity index (χ2v) is 13.1. The molecule has 4 aromatic rings. The van der Waals surface area contributed by atoms with Gasteiger partial charge in [-0.2, -0.15) is 5.10 Å². The average molecular weight is 588 g/mol. The highest BCUT2D eigenvalue weighted by Crippen LogP contribution is 2.31. The lowest BCUT2D eigenvalue weighted by atomic mass is 9.99. The van der Waals surface area contributed by atoms with Crippen molar-refractivity contribution in [3.8, 4) is 5.69 Å². The minimum atomic E-state index is -3.24. The summed E-state index contributed by atoms with van der Waals surface area (Å²) in [7, 11) is -3.24. The number of hydrogen-bond acceptors (Lipinski definition) is 6. The van der Waals surface area contributed by atoms with Crippen molar-refractivity contribution in [1.29, 1.82) is 0 Å². The lowest BCUT2D eigenvalue weighted by molar-refractivity contribution is 0.0791. The van der Waals surface area contributed by atoms with Gasteiger partial charge >= 0.3 is 0 Å². The predicted molar refractivity (Wildman–Crippen MR) is 162 cm³/mol. The lowest BCUT2D eigenvalue weighted by Crippen LogP contribution is -2.40. The molecule has 2 fully saturated rings. The molecule has 218 valence electrons. The van der Waals surface area contributed by atoms with Crippen LogP contribution in [0.5, 0.6) is 0 Å². The number of hydrogen-bond donors (Lipinski definition) is 1. The van der Waals surface area contributed by atoms with E-state index in [4.69, 9.17) is 0 Å². The molecule has 2 saturated heterocycles. The molecular weight excluding hydrogens is 553 g/mol. The Morgan fingerprint density at radius 1 is 0.881 bits per heavy atom. The third-order valence-corrected chi connectivity index (χ3v) is 9.41. The number of halogens is 1. The van der Waals surface area contributed by atoms with Gasteiger partial charge in [0.1, 0.15) is 17.2 Å². The van der Waals surface area contributed by atoms with Gasteiger partial charge in [-0.3, -0.25) is 4.79 Å². The summed E-state index contributed by atoms with van der Waals surface area (Å²) in [6, 6.07) is 23.5. The van der Waals surface area contributed by atoms with E-state index >= 15 is 0 Å². The highest BCUT2D eigenvalue weighted by Gasteiger charge is 2.32. The van der Waals surface area contributed by atoms with Crippen molar-refractivity contribution in [3.05, 3.63) is 102 Å². The number of rotatable bonds is 7. The van der Waals surface area contributed by atoms with Crippen LogP contribution in [0.15, 0.2) is 90.0 Å². The van der Waals surface area contributed by atoms with Crippen LogP contribution in [0.4, 0.5) is 15.9 Å². The Hall–Kier alpha value is -4.18. The number of amides is 1. The van der Waals surface area contributed by atoms with Crippen molar-refractivity contribution in [1.82, 2.24) is 14.7 Å². The van der Waals surface area contributed by atoms with E-state index in [9.17, 15) is 17.6 Å². The first kappa shape index (κ1) is 28.0. The number of aromatic nitrogens is 2. The fourth-order valence-electron chi connectivity index (χ4n) is 5.91. The van der Waals surface area contributed by atoms with Crippen LogP contribution in [-0.4, -0.2) is 67.5 Å². The van der Waals surface area contributed by atoms with E-state index in [-0.39, 0.29) is 17.8 Å². The number of benzene rings is 3. The Kier molecular flexibility index (Phi) is 7.72. The molecule has 0 spiro atoms. The quantitative estimate of drug-likeness (QED) is 0.323. The van der Waals surface area contributed by atoms with E-state index < -0.39 is 9.84 Å². The molecule has 10 heteroatoms. The van der Waals surface area contributed by atoms with Gasteiger partial charge in [0.2, 0.25) is 0 Å². The Bertz CT molecular complexity index is 1650. The molecule has 2 aliphatic rings. The zero-order valence-corrected chi connectivity index (χ0v) is 24.3. The summed E-state index contributed by atoms with van der Waals surface area (Å²) in [5.41, 5.74) is 3.40. The van der Waals surface area contributed by atoms with Gasteiger partial charge in [0.25, 0.3) is 5.91 Å². The molecule has 1 aromatic heterocycles. The Balaban J connectivity index is 1.20. The van der Waals surface area contributed by atoms with Crippen molar-refractivity contribution in [2.24, 2.45) is 0 Å². The minimum Gasteiger partial charge on any atom is -0.371 e. The molecule has 2 aliphatic heterocycles. The number of anilines is 2. The van der Waals surface area contributed by atoms with E-state index in [0.29, 0.717) is 41.0 Å². The smallest absolute Gasteiger partial charge is 0.259 e. The summed E-state index contributed by atoms with van der Waals surface area (Å²) in [5, 5.41) is 8.18. The number of likely N-dealkylation sites (tertiary alicyclic amines) is 1. The largest absolute Gasteiger partial charge is 0.371 e. The fraction of sp³-hybridized carbons (Fsp3) is 0.312. The summed E-state index contributed by atoms with van der Waals surface area (Å²) in [4.78, 5) is 18.3. The second-order valence-electron chi connectivity index (χ2n) is 11.1. The maximum absolute atomic E-state index is 13.8. The number of nitrogens with zero attached hydrogens (tertiary/aromatic N) is 4. The van der Waals surface area contributed by atoms with Crippen LogP contribution < -0.4 is 10.2 Å². The third-order valence-electron chi connectivity index (χ3n) is 8.28. The van der Waals surface area contributed by atoms with Crippen LogP contribution in [0.2, 0.25) is 0 Å². The Morgan fingerprint density at radius 2 is 1.55 bits per heavy atom. The first-order valence-electron chi connectivity index (χ1n) is 14.3. The molecule has 6 rings (SSSR count). The van der Waals surface area contributed by atoms with Crippen LogP contribution in [0.1, 0.15) is 41.1 Å². The predicted octanol–water partition coefficient (Wildman–Crippen LogP) is 5.13. The summed E-state index contributed by atoms with van der Waals surface area (Å²) in [5.74, 6) is 0.519. The van der Waals surface area contributed by atoms with E-state index in [2.05, 4.69) is 27.4 Å². The van der Waals surface area contributed by atoms with Crippen LogP contribution in [0, 0.1) is 5.82 Å². The van der Waals surface area contributed by atoms with Crippen LogP contribution in [-0.2, 0) is 9.84 Å². The molecule has 0 bridgehead atoms. The van der Waals surface area contributed by atoms with Crippen LogP contribution >= 0.6 is 0 Å². The molecule has 0 radical (unpaired) electrons. The molecule has 0 unspecified atom stereocenters. The van der Waals surface area contributed by atoms with E-state index in [0.717, 1.165) is 38.0 Å². The third kappa shape index (κ3) is 5.90. The summed E-state index contributed by atoms with van der Waals surface area (Å²) < 4.78 is 39.0. The van der Waals surface area contributed by atoms with Gasteiger partial charge in [0.15, 0.2) is 9.84 Å². The minimum absolute atomic E-state index is 0.0623. The number of carbonyl (C=O) groups excluding carboxylic acids is 1. The van der Waals surface area contributed by atoms with Crippen molar-refractivity contribution in [3.63, 3.8) is 0 Å². The fourth-order valence-corrected chi connectivity index (χ4v) is 6.54. The number of nitrogens with one attached hydrogen (secondary N) is 1. The van der Waals surface area contributed by atoms with Gasteiger partial charge in [-0.05, 0) is 73.4 Å². The zero-order chi connectivity index (χ0) is 29.3. The SMILES string of the molecule is CS(=O)(=O)c1ccc(N2CCC(Nc3c(C(=O)N4CC[C@H](c5ccccc5)C4)cnn3-c3ccc(F)cc3)CC2)cc1. The van der Waals surface area contributed by atoms with Gasteiger partial charge in [0, 0.05) is 50.1 Å². The van der Waals surface area contributed by atoms with Crippen molar-refractivity contribution >= 4 is 27.2 Å². The van der Waals surface area contributed by atoms with E-state index in [1.165, 1.54) is 24.0 Å². The molecule has 8 nitrogen and oxygen atoms in total. The molecule has 1 atom stereocenters. The zero-order valence-electron chi connectivity index (χ0n) is 23.5. The maximum Gasteiger partial charge on any atom is 0.259 e. The normalized spacial score (nSPS) is 17.9. The highest BCUT2D eigenvalue weighted by molar-refractivity contribution is 7.90. The monoisotopic (exact) mass is 587 g/mol. The van der Waals surface area contributed by atoms with Gasteiger partial charge < -0.3 is 15.1 Å². The molecule has 1 amide bonds. The summed E-state index contributed by atoms with van der Waals surface area (Å²) in [6.45, 7) is 2.88. The molecule has 42 heavy (non-hydrogen) atoms. The number of piperidine rings is 1. The van der Waals surface area contributed by atoms with Gasteiger partial charge in [-0.15, -0.1) is 0 Å². The summed E-state index contributed by atoms with van der Waals surface area (Å²) >= 11 is 0. The second kappa shape index (κ2) is 11.6. The van der Waals surface area contributed by atoms with Crippen molar-refractivity contribution < 1.29 is 17.6 Å². The Morgan fingerprint density at radius 3 is 2.21 bits per heavy atom. The lowest BCUT2D eigenvalue weighted by Gasteiger charge is -2.34.